The Morgan fingerprint density at radius 1 is 0.460 bits per heavy atom. The number of aliphatic hydroxyl groups excluding tert-OH is 5. The van der Waals surface area contributed by atoms with Crippen LogP contribution in [-0.4, -0.2) is 99.6 Å². The summed E-state index contributed by atoms with van der Waals surface area (Å²) in [5.41, 5.74) is 0. The van der Waals surface area contributed by atoms with Crippen molar-refractivity contribution < 1.29 is 49.3 Å². The van der Waals surface area contributed by atoms with E-state index in [1.54, 1.807) is 6.08 Å². The number of carbonyl (C=O) groups is 2. The molecule has 506 valence electrons. The van der Waals surface area contributed by atoms with Gasteiger partial charge in [-0.25, -0.2) is 0 Å². The first-order valence-corrected chi connectivity index (χ1v) is 36.7. The van der Waals surface area contributed by atoms with Crippen molar-refractivity contribution in [2.24, 2.45) is 0 Å². The lowest BCUT2D eigenvalue weighted by Crippen LogP contribution is -2.61. The minimum absolute atomic E-state index is 0.109. The molecule has 1 saturated heterocycles. The monoisotopic (exact) mass is 1220 g/mol. The fourth-order valence-corrected chi connectivity index (χ4v) is 11.4. The number of amides is 1. The van der Waals surface area contributed by atoms with E-state index in [1.165, 1.54) is 173 Å². The molecule has 1 fully saturated rings. The number of ether oxygens (including phenoxy) is 3. The number of allylic oxidation sites excluding steroid dienone is 11. The summed E-state index contributed by atoms with van der Waals surface area (Å²) in [6, 6.07) is -1.03. The first kappa shape index (κ1) is 82.1. The van der Waals surface area contributed by atoms with Crippen LogP contribution in [0.5, 0.6) is 0 Å². The van der Waals surface area contributed by atoms with E-state index in [9.17, 15) is 35.1 Å². The third-order valence-electron chi connectivity index (χ3n) is 17.1. The highest BCUT2D eigenvalue weighted by Gasteiger charge is 2.47. The zero-order chi connectivity index (χ0) is 63.1. The molecule has 0 aromatic rings. The smallest absolute Gasteiger partial charge is 0.306 e. The zero-order valence-corrected chi connectivity index (χ0v) is 56.4. The Morgan fingerprint density at radius 3 is 1.24 bits per heavy atom. The molecule has 11 nitrogen and oxygen atoms in total. The maximum Gasteiger partial charge on any atom is 0.306 e. The Hall–Kier alpha value is -2.90. The second-order valence-corrected chi connectivity index (χ2v) is 25.3. The SMILES string of the molecule is CC/C=C\C/C=C\C/C=C\C/C=C\C/C=C\CCCCCCCCCC(=O)OC1C(OCC(NC(=O)C(O)CCCCCCCCCCCCCCCCCCCCCCCCCC)C(O)/C=C/CCCCCCCCCCC)OC(CO)C(O)C1O. The van der Waals surface area contributed by atoms with Gasteiger partial charge in [0, 0.05) is 6.42 Å². The zero-order valence-electron chi connectivity index (χ0n) is 56.4. The highest BCUT2D eigenvalue weighted by atomic mass is 16.7. The molecule has 1 rings (SSSR count). The van der Waals surface area contributed by atoms with E-state index in [2.05, 4.69) is 86.8 Å². The van der Waals surface area contributed by atoms with Crippen molar-refractivity contribution in [1.82, 2.24) is 5.32 Å². The van der Waals surface area contributed by atoms with Crippen LogP contribution in [0, 0.1) is 0 Å². The Balaban J connectivity index is 2.54. The summed E-state index contributed by atoms with van der Waals surface area (Å²) >= 11 is 0. The molecule has 0 aromatic carbocycles. The molecule has 0 saturated carbocycles. The van der Waals surface area contributed by atoms with Crippen molar-refractivity contribution in [2.45, 2.75) is 384 Å². The van der Waals surface area contributed by atoms with Gasteiger partial charge in [-0.15, -0.1) is 0 Å². The molecule has 6 N–H and O–H groups in total. The quantitative estimate of drug-likeness (QED) is 0.0195. The summed E-state index contributed by atoms with van der Waals surface area (Å²) < 4.78 is 17.7. The molecular weight excluding hydrogens is 1090 g/mol. The van der Waals surface area contributed by atoms with Gasteiger partial charge in [-0.3, -0.25) is 9.59 Å². The fraction of sp³-hybridized carbons (Fsp3) is 0.816. The normalized spacial score (nSPS) is 18.6. The highest BCUT2D eigenvalue weighted by Crippen LogP contribution is 2.26. The van der Waals surface area contributed by atoms with Crippen LogP contribution in [0.1, 0.15) is 335 Å². The van der Waals surface area contributed by atoms with Crippen LogP contribution < -0.4 is 5.32 Å². The van der Waals surface area contributed by atoms with E-state index in [4.69, 9.17) is 14.2 Å². The molecule has 8 atom stereocenters. The van der Waals surface area contributed by atoms with Crippen molar-refractivity contribution in [2.75, 3.05) is 13.2 Å². The van der Waals surface area contributed by atoms with E-state index in [1.807, 2.05) is 6.08 Å². The van der Waals surface area contributed by atoms with Gasteiger partial charge >= 0.3 is 5.97 Å². The van der Waals surface area contributed by atoms with Crippen LogP contribution in [-0.2, 0) is 23.8 Å². The number of hydrogen-bond donors (Lipinski definition) is 6. The number of nitrogens with one attached hydrogen (secondary N) is 1. The van der Waals surface area contributed by atoms with Crippen molar-refractivity contribution in [1.29, 1.82) is 0 Å². The average molecular weight is 1220 g/mol. The fourth-order valence-electron chi connectivity index (χ4n) is 11.4. The maximum atomic E-state index is 13.5. The maximum absolute atomic E-state index is 13.5. The Morgan fingerprint density at radius 2 is 0.828 bits per heavy atom. The number of hydrogen-bond acceptors (Lipinski definition) is 10. The van der Waals surface area contributed by atoms with Crippen molar-refractivity contribution in [3.05, 3.63) is 72.9 Å². The lowest BCUT2D eigenvalue weighted by molar-refractivity contribution is -0.305. The number of carbonyl (C=O) groups excluding carboxylic acids is 2. The summed E-state index contributed by atoms with van der Waals surface area (Å²) in [6.45, 7) is 5.71. The summed E-state index contributed by atoms with van der Waals surface area (Å²) in [7, 11) is 0. The van der Waals surface area contributed by atoms with E-state index in [-0.39, 0.29) is 13.0 Å². The summed E-state index contributed by atoms with van der Waals surface area (Å²) in [4.78, 5) is 26.7. The summed E-state index contributed by atoms with van der Waals surface area (Å²) in [6.07, 6.45) is 72.4. The Labute approximate surface area is 534 Å². The van der Waals surface area contributed by atoms with Gasteiger partial charge in [-0.2, -0.15) is 0 Å². The second kappa shape index (κ2) is 63.3. The molecule has 1 amide bonds. The highest BCUT2D eigenvalue weighted by molar-refractivity contribution is 5.80. The number of aliphatic hydroxyl groups is 5. The molecule has 0 aliphatic carbocycles. The predicted molar refractivity (Wildman–Crippen MR) is 366 cm³/mol. The first-order chi connectivity index (χ1) is 42.7. The number of esters is 1. The van der Waals surface area contributed by atoms with Crippen LogP contribution in [0.3, 0.4) is 0 Å². The molecular formula is C76H137NO10. The summed E-state index contributed by atoms with van der Waals surface area (Å²) in [5, 5.41) is 57.3. The second-order valence-electron chi connectivity index (χ2n) is 25.3. The minimum atomic E-state index is -1.62. The van der Waals surface area contributed by atoms with Crippen LogP contribution in [0.2, 0.25) is 0 Å². The van der Waals surface area contributed by atoms with Crippen molar-refractivity contribution >= 4 is 11.9 Å². The van der Waals surface area contributed by atoms with Crippen LogP contribution in [0.4, 0.5) is 0 Å². The largest absolute Gasteiger partial charge is 0.454 e. The molecule has 87 heavy (non-hydrogen) atoms. The Bertz CT molecular complexity index is 1690. The topological polar surface area (TPSA) is 175 Å². The lowest BCUT2D eigenvalue weighted by atomic mass is 9.99. The van der Waals surface area contributed by atoms with Crippen LogP contribution in [0.15, 0.2) is 72.9 Å². The Kier molecular flexibility index (Phi) is 59.7. The van der Waals surface area contributed by atoms with Gasteiger partial charge in [-0.1, -0.05) is 331 Å². The molecule has 0 radical (unpaired) electrons. The molecule has 1 aliphatic heterocycles. The van der Waals surface area contributed by atoms with Gasteiger partial charge in [0.05, 0.1) is 25.4 Å². The predicted octanol–water partition coefficient (Wildman–Crippen LogP) is 19.1. The molecule has 1 heterocycles. The van der Waals surface area contributed by atoms with Gasteiger partial charge in [0.2, 0.25) is 5.91 Å². The van der Waals surface area contributed by atoms with E-state index < -0.39 is 67.4 Å². The van der Waals surface area contributed by atoms with Gasteiger partial charge in [0.15, 0.2) is 12.4 Å². The molecule has 0 bridgehead atoms. The van der Waals surface area contributed by atoms with E-state index in [0.717, 1.165) is 116 Å². The minimum Gasteiger partial charge on any atom is -0.454 e. The van der Waals surface area contributed by atoms with Gasteiger partial charge < -0.3 is 45.1 Å². The third kappa shape index (κ3) is 50.4. The van der Waals surface area contributed by atoms with E-state index in [0.29, 0.717) is 19.3 Å². The molecule has 11 heteroatoms. The van der Waals surface area contributed by atoms with Crippen molar-refractivity contribution in [3.63, 3.8) is 0 Å². The van der Waals surface area contributed by atoms with Crippen LogP contribution >= 0.6 is 0 Å². The third-order valence-corrected chi connectivity index (χ3v) is 17.1. The number of unbranched alkanes of at least 4 members (excludes halogenated alkanes) is 39. The summed E-state index contributed by atoms with van der Waals surface area (Å²) in [5.74, 6) is -1.20. The molecule has 0 spiro atoms. The molecule has 8 unspecified atom stereocenters. The van der Waals surface area contributed by atoms with Crippen LogP contribution in [0.25, 0.3) is 0 Å². The average Bonchev–Trinajstić information content (AvgIpc) is 2.93. The van der Waals surface area contributed by atoms with Crippen molar-refractivity contribution in [3.8, 4) is 0 Å². The lowest BCUT2D eigenvalue weighted by Gasteiger charge is -2.41. The van der Waals surface area contributed by atoms with E-state index >= 15 is 0 Å². The van der Waals surface area contributed by atoms with Gasteiger partial charge in [-0.05, 0) is 70.6 Å². The molecule has 0 aromatic heterocycles. The molecule has 1 aliphatic rings. The van der Waals surface area contributed by atoms with Gasteiger partial charge in [0.25, 0.3) is 0 Å². The first-order valence-electron chi connectivity index (χ1n) is 36.7. The number of rotatable bonds is 63. The standard InChI is InChI=1S/C76H137NO10/c1-4-7-10-13-16-19-22-24-26-28-30-32-34-36-37-39-41-43-45-48-51-54-57-60-63-69(80)75(84)77-67(68(79)62-59-56-53-50-47-21-18-15-12-9-6-3)66-85-76-74(73(83)72(82)70(65-78)86-76)87-71(81)64-61-58-55-52-49-46-44-42-40-38-35-33-31-29-27-25-23-20-17-14-11-8-5-2/h8,11,17,20,25,27,31,33,38,40,59,62,67-70,72-74,76,78-80,82-83H,4-7,9-10,12-16,18-19,21-24,26,28-30,32,34-37,39,41-58,60-61,63-66H2,1-3H3,(H,77,84)/b11-8-,20-17-,27-25-,33-31-,40-38-,62-59+. The van der Waals surface area contributed by atoms with Gasteiger partial charge in [0.1, 0.15) is 24.4 Å².